The Morgan fingerprint density at radius 3 is 2.93 bits per heavy atom. The van der Waals surface area contributed by atoms with Gasteiger partial charge in [-0.3, -0.25) is 5.32 Å². The van der Waals surface area contributed by atoms with Gasteiger partial charge in [0.15, 0.2) is 0 Å². The maximum Gasteiger partial charge on any atom is 0.225 e. The fourth-order valence-electron chi connectivity index (χ4n) is 1.20. The number of methoxy groups -OCH3 is 1. The van der Waals surface area contributed by atoms with Crippen LogP contribution < -0.4 is 10.1 Å². The highest BCUT2D eigenvalue weighted by Crippen LogP contribution is 2.23. The van der Waals surface area contributed by atoms with Crippen LogP contribution in [0.25, 0.3) is 0 Å². The Labute approximate surface area is 94.0 Å². The summed E-state index contributed by atoms with van der Waals surface area (Å²) in [6.07, 6.45) is 0.802. The molecular weight excluding hydrogens is 210 g/mol. The maximum absolute atomic E-state index is 8.82. The lowest BCUT2D eigenvalue weighted by molar-refractivity contribution is 0.402. The minimum atomic E-state index is -0.104. The van der Waals surface area contributed by atoms with E-state index in [0.29, 0.717) is 5.88 Å². The van der Waals surface area contributed by atoms with Gasteiger partial charge in [-0.1, -0.05) is 6.92 Å². The molecular formula is C10H15N3OS. The van der Waals surface area contributed by atoms with Crippen molar-refractivity contribution in [2.24, 2.45) is 0 Å². The number of nitrogens with one attached hydrogen (secondary N) is 1. The van der Waals surface area contributed by atoms with Gasteiger partial charge in [0, 0.05) is 17.0 Å². The topological polar surface area (TPSA) is 57.9 Å². The van der Waals surface area contributed by atoms with E-state index < -0.39 is 0 Å². The van der Waals surface area contributed by atoms with E-state index >= 15 is 0 Å². The summed E-state index contributed by atoms with van der Waals surface area (Å²) in [6.45, 7) is 4.01. The standard InChI is InChI=1S/C10H15N3OS/c1-4-8(6-11)12-7(2)9-5-10(14-3)13-15-9/h5,7-8,12H,4H2,1-3H3. The minimum absolute atomic E-state index is 0.104. The summed E-state index contributed by atoms with van der Waals surface area (Å²) in [7, 11) is 1.60. The van der Waals surface area contributed by atoms with Gasteiger partial charge in [0.2, 0.25) is 5.88 Å². The SMILES string of the molecule is CCC(C#N)NC(C)c1cc(OC)ns1. The number of rotatable bonds is 5. The summed E-state index contributed by atoms with van der Waals surface area (Å²) in [5, 5.41) is 12.0. The van der Waals surface area contributed by atoms with Gasteiger partial charge in [-0.2, -0.15) is 9.64 Å². The monoisotopic (exact) mass is 225 g/mol. The van der Waals surface area contributed by atoms with E-state index in [-0.39, 0.29) is 12.1 Å². The fraction of sp³-hybridized carbons (Fsp3) is 0.600. The number of ether oxygens (including phenoxy) is 1. The van der Waals surface area contributed by atoms with Gasteiger partial charge in [0.25, 0.3) is 0 Å². The molecule has 0 aliphatic rings. The quantitative estimate of drug-likeness (QED) is 0.833. The highest BCUT2D eigenvalue weighted by atomic mass is 32.1. The summed E-state index contributed by atoms with van der Waals surface area (Å²) in [5.41, 5.74) is 0. The van der Waals surface area contributed by atoms with E-state index in [9.17, 15) is 0 Å². The lowest BCUT2D eigenvalue weighted by atomic mass is 10.2. The van der Waals surface area contributed by atoms with Crippen molar-refractivity contribution in [1.82, 2.24) is 9.69 Å². The van der Waals surface area contributed by atoms with Crippen LogP contribution in [-0.4, -0.2) is 17.5 Å². The van der Waals surface area contributed by atoms with Crippen LogP contribution in [0.15, 0.2) is 6.07 Å². The van der Waals surface area contributed by atoms with Crippen molar-refractivity contribution >= 4 is 11.5 Å². The van der Waals surface area contributed by atoms with Gasteiger partial charge in [0.1, 0.15) is 0 Å². The first-order valence-corrected chi connectivity index (χ1v) is 5.64. The summed E-state index contributed by atoms with van der Waals surface area (Å²) in [5.74, 6) is 0.633. The first kappa shape index (κ1) is 12.0. The van der Waals surface area contributed by atoms with Crippen LogP contribution in [0, 0.1) is 11.3 Å². The second-order valence-corrected chi connectivity index (χ2v) is 4.09. The van der Waals surface area contributed by atoms with E-state index in [1.807, 2.05) is 19.9 Å². The molecule has 5 heteroatoms. The molecule has 4 nitrogen and oxygen atoms in total. The molecule has 0 spiro atoms. The van der Waals surface area contributed by atoms with E-state index in [1.165, 1.54) is 11.5 Å². The van der Waals surface area contributed by atoms with Crippen molar-refractivity contribution in [2.75, 3.05) is 7.11 Å². The number of hydrogen-bond donors (Lipinski definition) is 1. The van der Waals surface area contributed by atoms with Crippen LogP contribution in [0.3, 0.4) is 0 Å². The van der Waals surface area contributed by atoms with E-state index in [0.717, 1.165) is 11.3 Å². The van der Waals surface area contributed by atoms with Crippen LogP contribution >= 0.6 is 11.5 Å². The lowest BCUT2D eigenvalue weighted by Crippen LogP contribution is -2.29. The summed E-state index contributed by atoms with van der Waals surface area (Å²) in [6, 6.07) is 4.14. The number of nitrogens with zero attached hydrogens (tertiary/aromatic N) is 2. The van der Waals surface area contributed by atoms with Crippen molar-refractivity contribution in [3.05, 3.63) is 10.9 Å². The average Bonchev–Trinajstić information content (AvgIpc) is 2.74. The summed E-state index contributed by atoms with van der Waals surface area (Å²) >= 11 is 1.40. The fourth-order valence-corrected chi connectivity index (χ4v) is 1.90. The second kappa shape index (κ2) is 5.69. The predicted molar refractivity (Wildman–Crippen MR) is 59.9 cm³/mol. The third-order valence-electron chi connectivity index (χ3n) is 2.16. The van der Waals surface area contributed by atoms with Crippen LogP contribution in [0.1, 0.15) is 31.2 Å². The molecule has 1 N–H and O–H groups in total. The van der Waals surface area contributed by atoms with Gasteiger partial charge >= 0.3 is 0 Å². The summed E-state index contributed by atoms with van der Waals surface area (Å²) in [4.78, 5) is 1.08. The molecule has 0 saturated heterocycles. The molecule has 0 bridgehead atoms. The third-order valence-corrected chi connectivity index (χ3v) is 3.11. The van der Waals surface area contributed by atoms with Gasteiger partial charge in [0.05, 0.1) is 19.2 Å². The summed E-state index contributed by atoms with van der Waals surface area (Å²) < 4.78 is 9.12. The number of hydrogen-bond acceptors (Lipinski definition) is 5. The van der Waals surface area contributed by atoms with E-state index in [1.54, 1.807) is 7.11 Å². The normalized spacial score (nSPS) is 14.3. The molecule has 0 aliphatic heterocycles. The molecule has 2 unspecified atom stereocenters. The Hall–Kier alpha value is -1.12. The van der Waals surface area contributed by atoms with E-state index in [4.69, 9.17) is 10.00 Å². The van der Waals surface area contributed by atoms with Crippen molar-refractivity contribution < 1.29 is 4.74 Å². The van der Waals surface area contributed by atoms with Gasteiger partial charge in [-0.25, -0.2) is 0 Å². The van der Waals surface area contributed by atoms with Crippen LogP contribution in [-0.2, 0) is 0 Å². The van der Waals surface area contributed by atoms with Crippen LogP contribution in [0.5, 0.6) is 5.88 Å². The minimum Gasteiger partial charge on any atom is -0.480 e. The predicted octanol–water partition coefficient (Wildman–Crippen LogP) is 2.10. The van der Waals surface area contributed by atoms with E-state index in [2.05, 4.69) is 15.8 Å². The molecule has 1 rings (SSSR count). The van der Waals surface area contributed by atoms with Gasteiger partial charge in [-0.15, -0.1) is 0 Å². The highest BCUT2D eigenvalue weighted by molar-refractivity contribution is 7.06. The third kappa shape index (κ3) is 3.18. The molecule has 0 fully saturated rings. The molecule has 82 valence electrons. The number of nitriles is 1. The lowest BCUT2D eigenvalue weighted by Gasteiger charge is -2.14. The van der Waals surface area contributed by atoms with Crippen molar-refractivity contribution in [1.29, 1.82) is 5.26 Å². The molecule has 2 atom stereocenters. The zero-order valence-electron chi connectivity index (χ0n) is 9.15. The molecule has 1 aromatic rings. The van der Waals surface area contributed by atoms with Crippen molar-refractivity contribution in [2.45, 2.75) is 32.4 Å². The highest BCUT2D eigenvalue weighted by Gasteiger charge is 2.13. The maximum atomic E-state index is 8.82. The van der Waals surface area contributed by atoms with Crippen LogP contribution in [0.2, 0.25) is 0 Å². The van der Waals surface area contributed by atoms with Crippen LogP contribution in [0.4, 0.5) is 0 Å². The molecule has 1 aromatic heterocycles. The Bertz CT molecular complexity index is 345. The molecule has 0 saturated carbocycles. The molecule has 0 aliphatic carbocycles. The zero-order valence-corrected chi connectivity index (χ0v) is 9.97. The van der Waals surface area contributed by atoms with Gasteiger partial charge < -0.3 is 4.74 Å². The molecule has 0 radical (unpaired) electrons. The average molecular weight is 225 g/mol. The molecule has 15 heavy (non-hydrogen) atoms. The smallest absolute Gasteiger partial charge is 0.225 e. The molecule has 0 amide bonds. The van der Waals surface area contributed by atoms with Gasteiger partial charge in [-0.05, 0) is 24.9 Å². The number of aromatic nitrogens is 1. The van der Waals surface area contributed by atoms with Crippen molar-refractivity contribution in [3.8, 4) is 11.9 Å². The van der Waals surface area contributed by atoms with Crippen molar-refractivity contribution in [3.63, 3.8) is 0 Å². The Kier molecular flexibility index (Phi) is 4.53. The Morgan fingerprint density at radius 2 is 2.47 bits per heavy atom. The zero-order chi connectivity index (χ0) is 11.3. The Morgan fingerprint density at radius 1 is 1.73 bits per heavy atom. The molecule has 0 aromatic carbocycles. The first-order valence-electron chi connectivity index (χ1n) is 4.87. The largest absolute Gasteiger partial charge is 0.480 e. The first-order chi connectivity index (χ1) is 7.21. The Balaban J connectivity index is 2.60. The second-order valence-electron chi connectivity index (χ2n) is 3.25. The molecule has 1 heterocycles.